The van der Waals surface area contributed by atoms with E-state index in [0.717, 1.165) is 25.2 Å². The lowest BCUT2D eigenvalue weighted by Gasteiger charge is -2.33. The average molecular weight is 420 g/mol. The van der Waals surface area contributed by atoms with Gasteiger partial charge in [-0.05, 0) is 51.3 Å². The van der Waals surface area contributed by atoms with Crippen molar-refractivity contribution in [1.82, 2.24) is 15.2 Å². The standard InChI is InChI=1S/C25H33N5O/c1-4-29(19-20(3)30(5-2)23-12-11-21(17-26)18-27-23)24(31)13-16-28-25(14-15-25)22-9-7-6-8-10-22/h6-12,18,20,28H,4-5,13-16,19H2,1-3H3. The Kier molecular flexibility index (Phi) is 7.64. The number of likely N-dealkylation sites (N-methyl/N-ethyl adjacent to an activating group) is 2. The molecule has 0 aliphatic heterocycles. The average Bonchev–Trinajstić information content (AvgIpc) is 3.60. The number of anilines is 1. The van der Waals surface area contributed by atoms with Gasteiger partial charge in [-0.15, -0.1) is 0 Å². The minimum atomic E-state index is 0.0617. The Labute approximate surface area is 185 Å². The van der Waals surface area contributed by atoms with Gasteiger partial charge in [0.2, 0.25) is 5.91 Å². The molecule has 0 saturated heterocycles. The Hall–Kier alpha value is -2.91. The van der Waals surface area contributed by atoms with Crippen LogP contribution in [0.5, 0.6) is 0 Å². The first-order chi connectivity index (χ1) is 15.0. The van der Waals surface area contributed by atoms with Crippen molar-refractivity contribution in [3.8, 4) is 6.07 Å². The van der Waals surface area contributed by atoms with Crippen LogP contribution in [0.15, 0.2) is 48.7 Å². The third kappa shape index (κ3) is 5.62. The van der Waals surface area contributed by atoms with Crippen LogP contribution in [0.3, 0.4) is 0 Å². The first kappa shape index (κ1) is 22.8. The summed E-state index contributed by atoms with van der Waals surface area (Å²) in [5.41, 5.74) is 1.93. The first-order valence-electron chi connectivity index (χ1n) is 11.2. The highest BCUT2D eigenvalue weighted by molar-refractivity contribution is 5.76. The van der Waals surface area contributed by atoms with Crippen molar-refractivity contribution >= 4 is 11.7 Å². The van der Waals surface area contributed by atoms with Gasteiger partial charge in [0.1, 0.15) is 11.9 Å². The van der Waals surface area contributed by atoms with E-state index in [1.807, 2.05) is 24.0 Å². The number of hydrogen-bond acceptors (Lipinski definition) is 5. The fraction of sp³-hybridized carbons (Fsp3) is 0.480. The number of aromatic nitrogens is 1. The van der Waals surface area contributed by atoms with E-state index in [-0.39, 0.29) is 17.5 Å². The van der Waals surface area contributed by atoms with E-state index < -0.39 is 0 Å². The molecule has 1 amide bonds. The summed E-state index contributed by atoms with van der Waals surface area (Å²) in [5.74, 6) is 1.01. The molecule has 1 atom stereocenters. The van der Waals surface area contributed by atoms with Gasteiger partial charge in [-0.3, -0.25) is 4.79 Å². The summed E-state index contributed by atoms with van der Waals surface area (Å²) >= 11 is 0. The smallest absolute Gasteiger partial charge is 0.223 e. The first-order valence-corrected chi connectivity index (χ1v) is 11.2. The van der Waals surface area contributed by atoms with Crippen LogP contribution >= 0.6 is 0 Å². The lowest BCUT2D eigenvalue weighted by Crippen LogP contribution is -2.45. The molecule has 1 aliphatic carbocycles. The minimum Gasteiger partial charge on any atom is -0.352 e. The van der Waals surface area contributed by atoms with Gasteiger partial charge >= 0.3 is 0 Å². The van der Waals surface area contributed by atoms with Crippen LogP contribution in [0.2, 0.25) is 0 Å². The second-order valence-corrected chi connectivity index (χ2v) is 8.21. The normalized spacial score (nSPS) is 15.0. The summed E-state index contributed by atoms with van der Waals surface area (Å²) in [6, 6.07) is 16.4. The van der Waals surface area contributed by atoms with Crippen LogP contribution in [0.4, 0.5) is 5.82 Å². The molecule has 6 heteroatoms. The van der Waals surface area contributed by atoms with Gasteiger partial charge in [0.15, 0.2) is 0 Å². The zero-order chi connectivity index (χ0) is 22.3. The molecular formula is C25H33N5O. The van der Waals surface area contributed by atoms with Gasteiger partial charge in [-0.25, -0.2) is 4.98 Å². The third-order valence-electron chi connectivity index (χ3n) is 6.14. The number of amides is 1. The molecule has 1 aliphatic rings. The number of pyridine rings is 1. The van der Waals surface area contributed by atoms with Gasteiger partial charge < -0.3 is 15.1 Å². The van der Waals surface area contributed by atoms with E-state index in [4.69, 9.17) is 5.26 Å². The molecule has 1 heterocycles. The van der Waals surface area contributed by atoms with E-state index in [1.165, 1.54) is 5.56 Å². The van der Waals surface area contributed by atoms with E-state index in [9.17, 15) is 4.79 Å². The molecule has 2 aromatic rings. The molecule has 0 bridgehead atoms. The predicted octanol–water partition coefficient (Wildman–Crippen LogP) is 3.69. The number of rotatable bonds is 11. The summed E-state index contributed by atoms with van der Waals surface area (Å²) in [4.78, 5) is 21.4. The van der Waals surface area contributed by atoms with Crippen molar-refractivity contribution in [1.29, 1.82) is 5.26 Å². The van der Waals surface area contributed by atoms with Gasteiger partial charge in [-0.2, -0.15) is 5.26 Å². The van der Waals surface area contributed by atoms with Gasteiger partial charge in [0.05, 0.1) is 5.56 Å². The molecule has 1 aromatic heterocycles. The zero-order valence-electron chi connectivity index (χ0n) is 18.8. The molecule has 164 valence electrons. The quantitative estimate of drug-likeness (QED) is 0.601. The van der Waals surface area contributed by atoms with Crippen LogP contribution in [0.25, 0.3) is 0 Å². The topological polar surface area (TPSA) is 72.3 Å². The van der Waals surface area contributed by atoms with Crippen molar-refractivity contribution in [3.63, 3.8) is 0 Å². The van der Waals surface area contributed by atoms with Crippen LogP contribution in [0.1, 0.15) is 51.2 Å². The zero-order valence-corrected chi connectivity index (χ0v) is 18.8. The van der Waals surface area contributed by atoms with Crippen molar-refractivity contribution in [2.75, 3.05) is 31.1 Å². The molecule has 0 radical (unpaired) electrons. The fourth-order valence-corrected chi connectivity index (χ4v) is 4.16. The molecule has 6 nitrogen and oxygen atoms in total. The van der Waals surface area contributed by atoms with Crippen molar-refractivity contribution in [2.45, 2.75) is 51.6 Å². The molecular weight excluding hydrogens is 386 g/mol. The number of carbonyl (C=O) groups is 1. The molecule has 1 aromatic carbocycles. The minimum absolute atomic E-state index is 0.0617. The number of carbonyl (C=O) groups excluding carboxylic acids is 1. The Morgan fingerprint density at radius 2 is 1.94 bits per heavy atom. The summed E-state index contributed by atoms with van der Waals surface area (Å²) in [6.45, 7) is 9.03. The molecule has 1 saturated carbocycles. The molecule has 1 fully saturated rings. The maximum absolute atomic E-state index is 12.9. The van der Waals surface area contributed by atoms with Crippen molar-refractivity contribution < 1.29 is 4.79 Å². The molecule has 31 heavy (non-hydrogen) atoms. The molecule has 1 unspecified atom stereocenters. The summed E-state index contributed by atoms with van der Waals surface area (Å²) in [6.07, 6.45) is 4.35. The summed E-state index contributed by atoms with van der Waals surface area (Å²) in [5, 5.41) is 12.6. The number of nitriles is 1. The Morgan fingerprint density at radius 3 is 2.48 bits per heavy atom. The van der Waals surface area contributed by atoms with Crippen LogP contribution < -0.4 is 10.2 Å². The third-order valence-corrected chi connectivity index (χ3v) is 6.14. The van der Waals surface area contributed by atoms with Gasteiger partial charge in [0, 0.05) is 50.4 Å². The lowest BCUT2D eigenvalue weighted by molar-refractivity contribution is -0.131. The van der Waals surface area contributed by atoms with Gasteiger partial charge in [0.25, 0.3) is 0 Å². The van der Waals surface area contributed by atoms with Crippen LogP contribution in [0, 0.1) is 11.3 Å². The predicted molar refractivity (Wildman–Crippen MR) is 124 cm³/mol. The maximum atomic E-state index is 12.9. The second kappa shape index (κ2) is 10.4. The second-order valence-electron chi connectivity index (χ2n) is 8.21. The summed E-state index contributed by atoms with van der Waals surface area (Å²) in [7, 11) is 0. The van der Waals surface area contributed by atoms with Crippen LogP contribution in [-0.2, 0) is 10.3 Å². The number of hydrogen-bond donors (Lipinski definition) is 1. The van der Waals surface area contributed by atoms with Crippen molar-refractivity contribution in [3.05, 3.63) is 59.8 Å². The Bertz CT molecular complexity index is 886. The molecule has 0 spiro atoms. The maximum Gasteiger partial charge on any atom is 0.223 e. The highest BCUT2D eigenvalue weighted by atomic mass is 16.2. The Morgan fingerprint density at radius 1 is 1.19 bits per heavy atom. The van der Waals surface area contributed by atoms with Crippen molar-refractivity contribution in [2.24, 2.45) is 0 Å². The van der Waals surface area contributed by atoms with E-state index in [0.29, 0.717) is 31.6 Å². The molecule has 3 rings (SSSR count). The fourth-order valence-electron chi connectivity index (χ4n) is 4.16. The SMILES string of the molecule is CCN(CC(C)N(CC)c1ccc(C#N)cn1)C(=O)CCNC1(c2ccccc2)CC1. The number of nitrogens with zero attached hydrogens (tertiary/aromatic N) is 4. The summed E-state index contributed by atoms with van der Waals surface area (Å²) < 4.78 is 0. The Balaban J connectivity index is 1.53. The van der Waals surface area contributed by atoms with E-state index >= 15 is 0 Å². The molecule has 1 N–H and O–H groups in total. The van der Waals surface area contributed by atoms with Crippen LogP contribution in [-0.4, -0.2) is 48.0 Å². The largest absolute Gasteiger partial charge is 0.352 e. The lowest BCUT2D eigenvalue weighted by atomic mass is 10.1. The number of nitrogens with one attached hydrogen (secondary N) is 1. The monoisotopic (exact) mass is 419 g/mol. The van der Waals surface area contributed by atoms with E-state index in [1.54, 1.807) is 12.3 Å². The van der Waals surface area contributed by atoms with E-state index in [2.05, 4.69) is 59.4 Å². The highest BCUT2D eigenvalue weighted by Gasteiger charge is 2.43. The van der Waals surface area contributed by atoms with Gasteiger partial charge in [-0.1, -0.05) is 30.3 Å². The highest BCUT2D eigenvalue weighted by Crippen LogP contribution is 2.45. The number of benzene rings is 1.